The fourth-order valence-electron chi connectivity index (χ4n) is 2.21. The van der Waals surface area contributed by atoms with E-state index in [0.717, 1.165) is 5.56 Å². The maximum atomic E-state index is 12.3. The van der Waals surface area contributed by atoms with Gasteiger partial charge in [0.25, 0.3) is 10.0 Å². The van der Waals surface area contributed by atoms with Gasteiger partial charge in [0.2, 0.25) is 0 Å². The van der Waals surface area contributed by atoms with E-state index < -0.39 is 10.0 Å². The number of nitrogens with zero attached hydrogens (tertiary/aromatic N) is 2. The number of hydrogen-bond donors (Lipinski definition) is 0. The Kier molecular flexibility index (Phi) is 3.99. The summed E-state index contributed by atoms with van der Waals surface area (Å²) in [5, 5.41) is 0. The predicted octanol–water partition coefficient (Wildman–Crippen LogP) is 2.81. The quantitative estimate of drug-likeness (QED) is 0.816. The Balaban J connectivity index is 2.44. The Morgan fingerprint density at radius 1 is 1.15 bits per heavy atom. The Labute approximate surface area is 119 Å². The molecule has 2 aromatic rings. The first-order chi connectivity index (χ1) is 9.40. The van der Waals surface area contributed by atoms with Gasteiger partial charge in [-0.2, -0.15) is 12.8 Å². The third-order valence-electron chi connectivity index (χ3n) is 2.89. The fourth-order valence-corrected chi connectivity index (χ4v) is 3.51. The highest BCUT2D eigenvalue weighted by atomic mass is 32.2. The minimum Gasteiger partial charge on any atom is -0.264 e. The average molecular weight is 288 g/mol. The van der Waals surface area contributed by atoms with Crippen LogP contribution in [0.15, 0.2) is 46.0 Å². The number of pyridine rings is 1. The zero-order chi connectivity index (χ0) is 14.8. The lowest BCUT2D eigenvalue weighted by Gasteiger charge is -2.08. The Morgan fingerprint density at radius 3 is 2.35 bits per heavy atom. The van der Waals surface area contributed by atoms with Crippen molar-refractivity contribution < 1.29 is 8.42 Å². The minimum atomic E-state index is -3.69. The van der Waals surface area contributed by atoms with E-state index in [1.807, 2.05) is 19.1 Å². The van der Waals surface area contributed by atoms with Crippen LogP contribution in [0.4, 0.5) is 0 Å². The van der Waals surface area contributed by atoms with Crippen LogP contribution >= 0.6 is 0 Å². The van der Waals surface area contributed by atoms with Crippen molar-refractivity contribution in [3.8, 4) is 0 Å². The van der Waals surface area contributed by atoms with E-state index in [2.05, 4.69) is 9.38 Å². The Bertz CT molecular complexity index is 728. The molecule has 0 spiro atoms. The van der Waals surface area contributed by atoms with Crippen LogP contribution in [0.1, 0.15) is 22.3 Å². The molecule has 0 fully saturated rings. The summed E-state index contributed by atoms with van der Waals surface area (Å²) in [6.07, 6.45) is 4.51. The topological polar surface area (TPSA) is 59.4 Å². The normalized spacial score (nSPS) is 11.9. The molecule has 104 valence electrons. The minimum absolute atomic E-state index is 0.281. The Hall–Kier alpha value is -2.01. The lowest BCUT2D eigenvalue weighted by molar-refractivity contribution is 0.597. The highest BCUT2D eigenvalue weighted by molar-refractivity contribution is 7.90. The molecule has 0 saturated carbocycles. The van der Waals surface area contributed by atoms with Crippen LogP contribution < -0.4 is 0 Å². The van der Waals surface area contributed by atoms with Gasteiger partial charge in [-0.15, -0.1) is 0 Å². The summed E-state index contributed by atoms with van der Waals surface area (Å²) in [5.41, 5.74) is 3.12. The van der Waals surface area contributed by atoms with Crippen LogP contribution in [0, 0.1) is 20.8 Å². The molecule has 0 aliphatic heterocycles. The van der Waals surface area contributed by atoms with Gasteiger partial charge >= 0.3 is 0 Å². The summed E-state index contributed by atoms with van der Waals surface area (Å²) < 4.78 is 28.4. The highest BCUT2D eigenvalue weighted by Crippen LogP contribution is 2.23. The third-order valence-corrected chi connectivity index (χ3v) is 4.43. The molecule has 4 nitrogen and oxygen atoms in total. The first kappa shape index (κ1) is 14.4. The van der Waals surface area contributed by atoms with Crippen molar-refractivity contribution in [2.24, 2.45) is 4.40 Å². The first-order valence-electron chi connectivity index (χ1n) is 6.18. The van der Waals surface area contributed by atoms with Crippen molar-refractivity contribution in [1.29, 1.82) is 0 Å². The van der Waals surface area contributed by atoms with Gasteiger partial charge in [0.1, 0.15) is 0 Å². The van der Waals surface area contributed by atoms with E-state index in [-0.39, 0.29) is 4.90 Å². The summed E-state index contributed by atoms with van der Waals surface area (Å²) in [7, 11) is -3.69. The van der Waals surface area contributed by atoms with Gasteiger partial charge in [-0.3, -0.25) is 4.98 Å². The van der Waals surface area contributed by atoms with E-state index >= 15 is 0 Å². The predicted molar refractivity (Wildman–Crippen MR) is 79.7 cm³/mol. The van der Waals surface area contributed by atoms with Crippen LogP contribution in [-0.2, 0) is 10.0 Å². The number of rotatable bonds is 3. The van der Waals surface area contributed by atoms with Crippen molar-refractivity contribution in [2.75, 3.05) is 0 Å². The second kappa shape index (κ2) is 5.54. The zero-order valence-electron chi connectivity index (χ0n) is 11.7. The summed E-state index contributed by atoms with van der Waals surface area (Å²) in [6.45, 7) is 5.51. The summed E-state index contributed by atoms with van der Waals surface area (Å²) in [5.74, 6) is 0. The standard InChI is InChI=1S/C15H16N2O2S/c1-11-7-12(2)15(13(3)8-11)20(18,19)17-10-14-5-4-6-16-9-14/h4-10H,1-3H3/b17-10+. The van der Waals surface area contributed by atoms with Crippen molar-refractivity contribution in [1.82, 2.24) is 4.98 Å². The molecule has 0 radical (unpaired) electrons. The molecule has 5 heteroatoms. The van der Waals surface area contributed by atoms with Crippen LogP contribution in [-0.4, -0.2) is 19.6 Å². The molecule has 0 N–H and O–H groups in total. The molecule has 0 bridgehead atoms. The molecule has 0 aliphatic carbocycles. The van der Waals surface area contributed by atoms with E-state index in [1.54, 1.807) is 38.4 Å². The molecule has 0 unspecified atom stereocenters. The first-order valence-corrected chi connectivity index (χ1v) is 7.62. The van der Waals surface area contributed by atoms with Gasteiger partial charge in [0.15, 0.2) is 0 Å². The van der Waals surface area contributed by atoms with Gasteiger partial charge in [-0.1, -0.05) is 23.8 Å². The molecule has 1 heterocycles. The van der Waals surface area contributed by atoms with E-state index in [4.69, 9.17) is 0 Å². The number of benzene rings is 1. The number of aryl methyl sites for hydroxylation is 3. The number of aromatic nitrogens is 1. The molecular weight excluding hydrogens is 272 g/mol. The van der Waals surface area contributed by atoms with E-state index in [9.17, 15) is 8.42 Å². The third kappa shape index (κ3) is 3.11. The second-order valence-corrected chi connectivity index (χ2v) is 6.29. The molecule has 2 rings (SSSR count). The van der Waals surface area contributed by atoms with Crippen molar-refractivity contribution >= 4 is 16.2 Å². The summed E-state index contributed by atoms with van der Waals surface area (Å²) in [4.78, 5) is 4.20. The molecule has 20 heavy (non-hydrogen) atoms. The van der Waals surface area contributed by atoms with Crippen LogP contribution in [0.3, 0.4) is 0 Å². The lowest BCUT2D eigenvalue weighted by atomic mass is 10.1. The van der Waals surface area contributed by atoms with E-state index in [0.29, 0.717) is 16.7 Å². The lowest BCUT2D eigenvalue weighted by Crippen LogP contribution is -2.04. The molecule has 0 aliphatic rings. The maximum Gasteiger partial charge on any atom is 0.282 e. The van der Waals surface area contributed by atoms with E-state index in [1.165, 1.54) is 6.21 Å². The van der Waals surface area contributed by atoms with Crippen LogP contribution in [0.5, 0.6) is 0 Å². The maximum absolute atomic E-state index is 12.3. The molecule has 1 aromatic heterocycles. The average Bonchev–Trinajstić information content (AvgIpc) is 2.36. The van der Waals surface area contributed by atoms with Crippen molar-refractivity contribution in [3.63, 3.8) is 0 Å². The fraction of sp³-hybridized carbons (Fsp3) is 0.200. The van der Waals surface area contributed by atoms with Gasteiger partial charge in [0, 0.05) is 24.2 Å². The second-order valence-electron chi connectivity index (χ2n) is 4.72. The SMILES string of the molecule is Cc1cc(C)c(S(=O)(=O)/N=C/c2cccnc2)c(C)c1. The monoisotopic (exact) mass is 288 g/mol. The Morgan fingerprint density at radius 2 is 1.80 bits per heavy atom. The molecule has 0 saturated heterocycles. The van der Waals surface area contributed by atoms with Gasteiger partial charge in [-0.25, -0.2) is 0 Å². The van der Waals surface area contributed by atoms with Gasteiger partial charge in [-0.05, 0) is 38.0 Å². The number of hydrogen-bond acceptors (Lipinski definition) is 3. The molecule has 0 amide bonds. The molecule has 1 aromatic carbocycles. The smallest absolute Gasteiger partial charge is 0.264 e. The summed E-state index contributed by atoms with van der Waals surface area (Å²) >= 11 is 0. The summed E-state index contributed by atoms with van der Waals surface area (Å²) in [6, 6.07) is 7.18. The highest BCUT2D eigenvalue weighted by Gasteiger charge is 2.18. The van der Waals surface area contributed by atoms with Crippen molar-refractivity contribution in [2.45, 2.75) is 25.7 Å². The van der Waals surface area contributed by atoms with Crippen LogP contribution in [0.2, 0.25) is 0 Å². The van der Waals surface area contributed by atoms with Gasteiger partial charge < -0.3 is 0 Å². The number of sulfonamides is 1. The van der Waals surface area contributed by atoms with Crippen molar-refractivity contribution in [3.05, 3.63) is 58.9 Å². The molecule has 0 atom stereocenters. The zero-order valence-corrected chi connectivity index (χ0v) is 12.5. The van der Waals surface area contributed by atoms with Gasteiger partial charge in [0.05, 0.1) is 4.90 Å². The van der Waals surface area contributed by atoms with Crippen LogP contribution in [0.25, 0.3) is 0 Å². The largest absolute Gasteiger partial charge is 0.282 e. The molecular formula is C15H16N2O2S.